The van der Waals surface area contributed by atoms with E-state index in [0.29, 0.717) is 27.8 Å². The molecule has 9 heteroatoms. The van der Waals surface area contributed by atoms with Gasteiger partial charge in [-0.15, -0.1) is 16.9 Å². The van der Waals surface area contributed by atoms with Gasteiger partial charge in [0.1, 0.15) is 10.7 Å². The molecule has 0 aliphatic rings. The van der Waals surface area contributed by atoms with Crippen LogP contribution in [0.3, 0.4) is 0 Å². The lowest BCUT2D eigenvalue weighted by atomic mass is 10.3. The minimum atomic E-state index is -3.79. The van der Waals surface area contributed by atoms with Crippen molar-refractivity contribution in [2.75, 3.05) is 6.26 Å². The first-order valence-corrected chi connectivity index (χ1v) is 11.8. The lowest BCUT2D eigenvalue weighted by molar-refractivity contribution is 0.594. The molecular formula is C21H19N5O2S2. The van der Waals surface area contributed by atoms with Crippen molar-refractivity contribution < 1.29 is 8.42 Å². The van der Waals surface area contributed by atoms with Gasteiger partial charge in [0, 0.05) is 0 Å². The normalized spacial score (nSPS) is 12.1. The second kappa shape index (κ2) is 8.00. The summed E-state index contributed by atoms with van der Waals surface area (Å²) in [7, 11) is -3.79. The van der Waals surface area contributed by atoms with Crippen molar-refractivity contribution >= 4 is 38.6 Å². The fourth-order valence-electron chi connectivity index (χ4n) is 3.11. The van der Waals surface area contributed by atoms with Gasteiger partial charge in [0.05, 0.1) is 22.0 Å². The summed E-state index contributed by atoms with van der Waals surface area (Å²) in [4.78, 5) is 4.88. The Morgan fingerprint density at radius 2 is 1.57 bits per heavy atom. The van der Waals surface area contributed by atoms with Gasteiger partial charge in [0.2, 0.25) is 9.84 Å². The van der Waals surface area contributed by atoms with Gasteiger partial charge in [0.25, 0.3) is 0 Å². The number of fused-ring (bicyclic) bond motifs is 1. The standard InChI is InChI=1S/C21H19N5O2S2/c1-14-18(24-23-16-10-6-4-7-11-16)15(2)26-20(22-14)19(21(25-26)29-3)30(27,28)17-12-8-5-9-13-17/h4-13H,1-3H3. The molecule has 0 spiro atoms. The van der Waals surface area contributed by atoms with Crippen molar-refractivity contribution in [1.82, 2.24) is 14.6 Å². The van der Waals surface area contributed by atoms with Crippen LogP contribution in [0.25, 0.3) is 5.65 Å². The van der Waals surface area contributed by atoms with Crippen molar-refractivity contribution in [1.29, 1.82) is 0 Å². The van der Waals surface area contributed by atoms with Gasteiger partial charge in [-0.25, -0.2) is 17.9 Å². The first-order chi connectivity index (χ1) is 14.4. The van der Waals surface area contributed by atoms with E-state index in [1.54, 1.807) is 43.5 Å². The van der Waals surface area contributed by atoms with E-state index in [4.69, 9.17) is 0 Å². The SMILES string of the molecule is CSc1nn2c(C)c(N=Nc3ccccc3)c(C)nc2c1S(=O)(=O)c1ccccc1. The number of azo groups is 1. The number of benzene rings is 2. The van der Waals surface area contributed by atoms with Gasteiger partial charge < -0.3 is 0 Å². The van der Waals surface area contributed by atoms with Crippen LogP contribution in [0.5, 0.6) is 0 Å². The number of nitrogens with zero attached hydrogens (tertiary/aromatic N) is 5. The molecule has 0 fully saturated rings. The Hall–Kier alpha value is -3.04. The number of aryl methyl sites for hydroxylation is 2. The van der Waals surface area contributed by atoms with Crippen molar-refractivity contribution in [3.05, 3.63) is 72.1 Å². The summed E-state index contributed by atoms with van der Waals surface area (Å²) < 4.78 is 28.3. The van der Waals surface area contributed by atoms with E-state index in [-0.39, 0.29) is 15.4 Å². The Morgan fingerprint density at radius 1 is 0.933 bits per heavy atom. The zero-order chi connectivity index (χ0) is 21.3. The third kappa shape index (κ3) is 3.50. The molecule has 0 saturated carbocycles. The number of hydrogen-bond acceptors (Lipinski definition) is 7. The van der Waals surface area contributed by atoms with Crippen LogP contribution in [0.4, 0.5) is 11.4 Å². The van der Waals surface area contributed by atoms with Crippen LogP contribution >= 0.6 is 11.8 Å². The average molecular weight is 438 g/mol. The lowest BCUT2D eigenvalue weighted by Gasteiger charge is -2.07. The predicted octanol–water partition coefficient (Wildman–Crippen LogP) is 5.32. The topological polar surface area (TPSA) is 89.0 Å². The van der Waals surface area contributed by atoms with Crippen molar-refractivity contribution in [2.45, 2.75) is 28.7 Å². The predicted molar refractivity (Wildman–Crippen MR) is 117 cm³/mol. The molecule has 2 aromatic carbocycles. The fourth-order valence-corrected chi connectivity index (χ4v) is 5.53. The zero-order valence-electron chi connectivity index (χ0n) is 16.6. The van der Waals surface area contributed by atoms with Crippen LogP contribution in [-0.2, 0) is 9.84 Å². The maximum Gasteiger partial charge on any atom is 0.213 e. The van der Waals surface area contributed by atoms with E-state index < -0.39 is 9.84 Å². The Labute approximate surface area is 178 Å². The van der Waals surface area contributed by atoms with E-state index in [0.717, 1.165) is 0 Å². The van der Waals surface area contributed by atoms with Crippen LogP contribution in [0.1, 0.15) is 11.4 Å². The molecule has 4 rings (SSSR count). The van der Waals surface area contributed by atoms with Crippen LogP contribution in [0, 0.1) is 13.8 Å². The number of hydrogen-bond donors (Lipinski definition) is 0. The highest BCUT2D eigenvalue weighted by Crippen LogP contribution is 2.35. The molecule has 0 unspecified atom stereocenters. The summed E-state index contributed by atoms with van der Waals surface area (Å²) in [5, 5.41) is 13.5. The van der Waals surface area contributed by atoms with Gasteiger partial charge in [-0.2, -0.15) is 10.2 Å². The smallest absolute Gasteiger partial charge is 0.213 e. The zero-order valence-corrected chi connectivity index (χ0v) is 18.3. The number of aromatic nitrogens is 3. The molecule has 0 bridgehead atoms. The molecular weight excluding hydrogens is 418 g/mol. The van der Waals surface area contributed by atoms with Crippen LogP contribution in [0.15, 0.2) is 85.7 Å². The maximum atomic E-state index is 13.4. The van der Waals surface area contributed by atoms with Gasteiger partial charge in [-0.1, -0.05) is 36.4 Å². The van der Waals surface area contributed by atoms with Gasteiger partial charge >= 0.3 is 0 Å². The summed E-state index contributed by atoms with van der Waals surface area (Å²) in [6.07, 6.45) is 1.80. The lowest BCUT2D eigenvalue weighted by Crippen LogP contribution is -2.05. The fraction of sp³-hybridized carbons (Fsp3) is 0.143. The first kappa shape index (κ1) is 20.2. The molecule has 2 heterocycles. The van der Waals surface area contributed by atoms with Crippen molar-refractivity contribution in [2.24, 2.45) is 10.2 Å². The molecule has 2 aromatic heterocycles. The second-order valence-corrected chi connectivity index (χ2v) is 9.24. The Morgan fingerprint density at radius 3 is 2.20 bits per heavy atom. The van der Waals surface area contributed by atoms with Crippen LogP contribution in [-0.4, -0.2) is 29.3 Å². The number of rotatable bonds is 5. The Balaban J connectivity index is 1.92. The third-order valence-corrected chi connectivity index (χ3v) is 7.21. The van der Waals surface area contributed by atoms with Crippen LogP contribution in [0.2, 0.25) is 0 Å². The molecule has 0 aliphatic heterocycles. The highest BCUT2D eigenvalue weighted by atomic mass is 32.2. The summed E-state index contributed by atoms with van der Waals surface area (Å²) in [5.41, 5.74) is 2.81. The minimum absolute atomic E-state index is 0.110. The molecule has 152 valence electrons. The highest BCUT2D eigenvalue weighted by molar-refractivity contribution is 7.99. The van der Waals surface area contributed by atoms with Crippen molar-refractivity contribution in [3.8, 4) is 0 Å². The third-order valence-electron chi connectivity index (χ3n) is 4.60. The largest absolute Gasteiger partial charge is 0.230 e. The Bertz CT molecular complexity index is 1350. The summed E-state index contributed by atoms with van der Waals surface area (Å²) in [6, 6.07) is 17.7. The number of thioether (sulfide) groups is 1. The second-order valence-electron chi connectivity index (χ2n) is 6.56. The van der Waals surface area contributed by atoms with E-state index >= 15 is 0 Å². The molecule has 0 radical (unpaired) electrons. The summed E-state index contributed by atoms with van der Waals surface area (Å²) in [5.74, 6) is 0. The maximum absolute atomic E-state index is 13.4. The first-order valence-electron chi connectivity index (χ1n) is 9.14. The average Bonchev–Trinajstić information content (AvgIpc) is 3.14. The van der Waals surface area contributed by atoms with Gasteiger partial charge in [-0.05, 0) is 44.4 Å². The molecule has 0 amide bonds. The molecule has 4 aromatic rings. The summed E-state index contributed by atoms with van der Waals surface area (Å²) >= 11 is 1.27. The van der Waals surface area contributed by atoms with Gasteiger partial charge in [0.15, 0.2) is 10.5 Å². The minimum Gasteiger partial charge on any atom is -0.230 e. The van der Waals surface area contributed by atoms with E-state index in [9.17, 15) is 8.42 Å². The molecule has 7 nitrogen and oxygen atoms in total. The van der Waals surface area contributed by atoms with E-state index in [1.807, 2.05) is 37.3 Å². The van der Waals surface area contributed by atoms with Crippen LogP contribution < -0.4 is 0 Å². The molecule has 0 N–H and O–H groups in total. The monoisotopic (exact) mass is 437 g/mol. The molecule has 0 atom stereocenters. The molecule has 0 aliphatic carbocycles. The van der Waals surface area contributed by atoms with E-state index in [2.05, 4.69) is 20.3 Å². The van der Waals surface area contributed by atoms with E-state index in [1.165, 1.54) is 16.3 Å². The Kier molecular flexibility index (Phi) is 5.40. The quantitative estimate of drug-likeness (QED) is 0.311. The van der Waals surface area contributed by atoms with Crippen molar-refractivity contribution in [3.63, 3.8) is 0 Å². The molecule has 0 saturated heterocycles. The van der Waals surface area contributed by atoms with Gasteiger partial charge in [-0.3, -0.25) is 0 Å². The number of sulfone groups is 1. The summed E-state index contributed by atoms with van der Waals surface area (Å²) in [6.45, 7) is 3.62. The molecule has 30 heavy (non-hydrogen) atoms. The highest BCUT2D eigenvalue weighted by Gasteiger charge is 2.29.